The molecule has 0 aliphatic heterocycles. The fraction of sp³-hybridized carbons (Fsp3) is 0.188. The first-order chi connectivity index (χ1) is 10.6. The molecule has 0 amide bonds. The van der Waals surface area contributed by atoms with Gasteiger partial charge in [-0.25, -0.2) is 8.42 Å². The van der Waals surface area contributed by atoms with Gasteiger partial charge in [-0.3, -0.25) is 4.72 Å². The second-order valence-electron chi connectivity index (χ2n) is 4.76. The molecular weight excluding hydrogens is 298 g/mol. The Labute approximate surface area is 130 Å². The zero-order chi connectivity index (χ0) is 15.8. The molecule has 6 heteroatoms. The average molecular weight is 315 g/mol. The van der Waals surface area contributed by atoms with Gasteiger partial charge in [0.1, 0.15) is 0 Å². The van der Waals surface area contributed by atoms with E-state index < -0.39 is 10.0 Å². The molecule has 0 aliphatic carbocycles. The van der Waals surface area contributed by atoms with E-state index in [1.807, 2.05) is 30.3 Å². The number of rotatable bonds is 7. The van der Waals surface area contributed by atoms with Crippen molar-refractivity contribution in [3.8, 4) is 6.07 Å². The lowest BCUT2D eigenvalue weighted by Gasteiger charge is -2.10. The van der Waals surface area contributed by atoms with Crippen molar-refractivity contribution in [3.63, 3.8) is 0 Å². The van der Waals surface area contributed by atoms with E-state index in [1.54, 1.807) is 30.3 Å². The van der Waals surface area contributed by atoms with Gasteiger partial charge in [0, 0.05) is 12.2 Å². The van der Waals surface area contributed by atoms with Crippen LogP contribution in [0, 0.1) is 11.3 Å². The number of hydrogen-bond donors (Lipinski definition) is 2. The molecule has 2 N–H and O–H groups in total. The van der Waals surface area contributed by atoms with Crippen LogP contribution in [-0.4, -0.2) is 15.0 Å². The van der Waals surface area contributed by atoms with Gasteiger partial charge in [0.25, 0.3) is 0 Å². The lowest BCUT2D eigenvalue weighted by Crippen LogP contribution is -2.15. The zero-order valence-electron chi connectivity index (χ0n) is 12.0. The van der Waals surface area contributed by atoms with Crippen molar-refractivity contribution in [2.75, 3.05) is 16.6 Å². The van der Waals surface area contributed by atoms with E-state index >= 15 is 0 Å². The van der Waals surface area contributed by atoms with Crippen LogP contribution in [0.25, 0.3) is 0 Å². The fourth-order valence-electron chi connectivity index (χ4n) is 1.96. The Kier molecular flexibility index (Phi) is 5.39. The lowest BCUT2D eigenvalue weighted by atomic mass is 10.2. The Morgan fingerprint density at radius 3 is 2.45 bits per heavy atom. The molecule has 0 bridgehead atoms. The highest BCUT2D eigenvalue weighted by Gasteiger charge is 2.11. The third kappa shape index (κ3) is 5.11. The number of nitriles is 1. The summed E-state index contributed by atoms with van der Waals surface area (Å²) in [5.41, 5.74) is 2.01. The topological polar surface area (TPSA) is 82.0 Å². The van der Waals surface area contributed by atoms with E-state index in [-0.39, 0.29) is 5.75 Å². The van der Waals surface area contributed by atoms with Crippen molar-refractivity contribution >= 4 is 21.4 Å². The molecule has 0 saturated carbocycles. The molecular formula is C16H17N3O2S. The lowest BCUT2D eigenvalue weighted by molar-refractivity contribution is 0.600. The predicted octanol–water partition coefficient (Wildman–Crippen LogP) is 2.95. The molecule has 0 saturated heterocycles. The monoisotopic (exact) mass is 315 g/mol. The Bertz CT molecular complexity index is 752. The molecule has 0 aliphatic rings. The molecule has 0 spiro atoms. The van der Waals surface area contributed by atoms with Gasteiger partial charge in [-0.15, -0.1) is 0 Å². The summed E-state index contributed by atoms with van der Waals surface area (Å²) in [6, 6.07) is 18.1. The SMILES string of the molecule is N#CCCNc1cccc(NS(=O)(=O)Cc2ccccc2)c1. The molecule has 22 heavy (non-hydrogen) atoms. The van der Waals surface area contributed by atoms with Crippen molar-refractivity contribution in [1.82, 2.24) is 0 Å². The van der Waals surface area contributed by atoms with E-state index in [0.29, 0.717) is 18.7 Å². The Morgan fingerprint density at radius 1 is 1.00 bits per heavy atom. The van der Waals surface area contributed by atoms with Crippen LogP contribution in [0.5, 0.6) is 0 Å². The molecule has 5 nitrogen and oxygen atoms in total. The van der Waals surface area contributed by atoms with Crippen molar-refractivity contribution in [3.05, 3.63) is 60.2 Å². The molecule has 0 unspecified atom stereocenters. The summed E-state index contributed by atoms with van der Waals surface area (Å²) in [5, 5.41) is 11.6. The third-order valence-electron chi connectivity index (χ3n) is 2.90. The minimum absolute atomic E-state index is 0.0695. The minimum atomic E-state index is -3.46. The number of hydrogen-bond acceptors (Lipinski definition) is 4. The number of sulfonamides is 1. The van der Waals surface area contributed by atoms with Gasteiger partial charge in [0.15, 0.2) is 0 Å². The maximum atomic E-state index is 12.2. The second kappa shape index (κ2) is 7.48. The first-order valence-electron chi connectivity index (χ1n) is 6.84. The smallest absolute Gasteiger partial charge is 0.236 e. The van der Waals surface area contributed by atoms with Crippen molar-refractivity contribution in [2.24, 2.45) is 0 Å². The summed E-state index contributed by atoms with van der Waals surface area (Å²) >= 11 is 0. The van der Waals surface area contributed by atoms with E-state index in [2.05, 4.69) is 10.0 Å². The number of nitrogens with zero attached hydrogens (tertiary/aromatic N) is 1. The number of anilines is 2. The molecule has 2 aromatic carbocycles. The van der Waals surface area contributed by atoms with E-state index in [1.165, 1.54) is 0 Å². The largest absolute Gasteiger partial charge is 0.384 e. The van der Waals surface area contributed by atoms with Crippen LogP contribution >= 0.6 is 0 Å². The van der Waals surface area contributed by atoms with Gasteiger partial charge in [-0.1, -0.05) is 36.4 Å². The van der Waals surface area contributed by atoms with Crippen LogP contribution in [0.1, 0.15) is 12.0 Å². The second-order valence-corrected chi connectivity index (χ2v) is 6.48. The molecule has 114 valence electrons. The zero-order valence-corrected chi connectivity index (χ0v) is 12.8. The van der Waals surface area contributed by atoms with Gasteiger partial charge in [-0.05, 0) is 23.8 Å². The molecule has 2 rings (SSSR count). The van der Waals surface area contributed by atoms with Gasteiger partial charge in [0.2, 0.25) is 10.0 Å². The van der Waals surface area contributed by atoms with Crippen LogP contribution in [0.4, 0.5) is 11.4 Å². The summed E-state index contributed by atoms with van der Waals surface area (Å²) in [6.07, 6.45) is 0.393. The van der Waals surface area contributed by atoms with E-state index in [9.17, 15) is 8.42 Å². The Morgan fingerprint density at radius 2 is 1.73 bits per heavy atom. The van der Waals surface area contributed by atoms with Crippen molar-refractivity contribution in [2.45, 2.75) is 12.2 Å². The quantitative estimate of drug-likeness (QED) is 0.770. The van der Waals surface area contributed by atoms with Crippen LogP contribution in [0.2, 0.25) is 0 Å². The molecule has 0 heterocycles. The van der Waals surface area contributed by atoms with Gasteiger partial charge in [-0.2, -0.15) is 5.26 Å². The Hall–Kier alpha value is -2.52. The first-order valence-corrected chi connectivity index (χ1v) is 8.49. The fourth-order valence-corrected chi connectivity index (χ4v) is 3.15. The molecule has 0 radical (unpaired) electrons. The molecule has 0 aromatic heterocycles. The van der Waals surface area contributed by atoms with Crippen LogP contribution in [0.15, 0.2) is 54.6 Å². The third-order valence-corrected chi connectivity index (χ3v) is 4.16. The summed E-state index contributed by atoms with van der Waals surface area (Å²) in [7, 11) is -3.46. The summed E-state index contributed by atoms with van der Waals surface area (Å²) in [4.78, 5) is 0. The molecule has 0 atom stereocenters. The average Bonchev–Trinajstić information content (AvgIpc) is 2.48. The van der Waals surface area contributed by atoms with Crippen LogP contribution in [0.3, 0.4) is 0 Å². The maximum absolute atomic E-state index is 12.2. The van der Waals surface area contributed by atoms with Crippen LogP contribution < -0.4 is 10.0 Å². The van der Waals surface area contributed by atoms with Crippen molar-refractivity contribution in [1.29, 1.82) is 5.26 Å². The van der Waals surface area contributed by atoms with E-state index in [0.717, 1.165) is 11.3 Å². The summed E-state index contributed by atoms with van der Waals surface area (Å²) in [6.45, 7) is 0.525. The molecule has 2 aromatic rings. The standard InChI is InChI=1S/C16H17N3O2S/c17-10-5-11-18-15-8-4-9-16(12-15)19-22(20,21)13-14-6-2-1-3-7-14/h1-4,6-9,12,18-19H,5,11,13H2. The summed E-state index contributed by atoms with van der Waals surface area (Å²) < 4.78 is 26.9. The Balaban J connectivity index is 2.03. The van der Waals surface area contributed by atoms with E-state index in [4.69, 9.17) is 5.26 Å². The maximum Gasteiger partial charge on any atom is 0.236 e. The van der Waals surface area contributed by atoms with Gasteiger partial charge in [0.05, 0.1) is 23.9 Å². The highest BCUT2D eigenvalue weighted by molar-refractivity contribution is 7.91. The minimum Gasteiger partial charge on any atom is -0.384 e. The highest BCUT2D eigenvalue weighted by Crippen LogP contribution is 2.17. The van der Waals surface area contributed by atoms with Gasteiger partial charge >= 0.3 is 0 Å². The molecule has 0 fully saturated rings. The number of nitrogens with one attached hydrogen (secondary N) is 2. The normalized spacial score (nSPS) is 10.7. The van der Waals surface area contributed by atoms with Crippen LogP contribution in [-0.2, 0) is 15.8 Å². The summed E-state index contributed by atoms with van der Waals surface area (Å²) in [5.74, 6) is -0.0695. The number of benzene rings is 2. The first kappa shape index (κ1) is 15.9. The highest BCUT2D eigenvalue weighted by atomic mass is 32.2. The van der Waals surface area contributed by atoms with Gasteiger partial charge < -0.3 is 5.32 Å². The van der Waals surface area contributed by atoms with Crippen molar-refractivity contribution < 1.29 is 8.42 Å². The predicted molar refractivity (Wildman–Crippen MR) is 87.9 cm³/mol.